The summed E-state index contributed by atoms with van der Waals surface area (Å²) in [5, 5.41) is 6.85. The van der Waals surface area contributed by atoms with Gasteiger partial charge in [0.05, 0.1) is 0 Å². The average Bonchev–Trinajstić information content (AvgIpc) is 2.46. The van der Waals surface area contributed by atoms with E-state index in [9.17, 15) is 0 Å². The number of nitrogens with zero attached hydrogens (tertiary/aromatic N) is 3. The van der Waals surface area contributed by atoms with Crippen molar-refractivity contribution >= 4 is 5.96 Å². The monoisotopic (exact) mass is 313 g/mol. The topological polar surface area (TPSA) is 42.9 Å². The molecular formula is C17H39N5. The summed E-state index contributed by atoms with van der Waals surface area (Å²) >= 11 is 0. The molecule has 0 saturated carbocycles. The number of guanidine groups is 1. The van der Waals surface area contributed by atoms with E-state index >= 15 is 0 Å². The Bertz CT molecular complexity index is 289. The quantitative estimate of drug-likeness (QED) is 0.478. The van der Waals surface area contributed by atoms with E-state index in [1.807, 2.05) is 7.05 Å². The molecule has 0 saturated heterocycles. The van der Waals surface area contributed by atoms with Crippen molar-refractivity contribution in [3.05, 3.63) is 0 Å². The van der Waals surface area contributed by atoms with Gasteiger partial charge >= 0.3 is 0 Å². The standard InChI is InChI=1S/C17H39N5/c1-9-21(10-2)16(7)13-20-17(18-8)19-11-12-22(14(3)4)15(5)6/h14-16H,9-13H2,1-8H3,(H2,18,19,20). The summed E-state index contributed by atoms with van der Waals surface area (Å²) in [6.45, 7) is 20.7. The first-order valence-electron chi connectivity index (χ1n) is 8.81. The van der Waals surface area contributed by atoms with E-state index < -0.39 is 0 Å². The Morgan fingerprint density at radius 1 is 0.955 bits per heavy atom. The van der Waals surface area contributed by atoms with Crippen LogP contribution in [-0.4, -0.2) is 73.7 Å². The molecule has 1 atom stereocenters. The molecule has 5 heteroatoms. The van der Waals surface area contributed by atoms with Crippen LogP contribution in [0, 0.1) is 0 Å². The maximum atomic E-state index is 4.31. The third-order valence-electron chi connectivity index (χ3n) is 4.21. The first kappa shape index (κ1) is 21.2. The SMILES string of the molecule is CCN(CC)C(C)CNC(=NC)NCCN(C(C)C)C(C)C. The Balaban J connectivity index is 4.18. The van der Waals surface area contributed by atoms with Gasteiger partial charge in [0.15, 0.2) is 5.96 Å². The number of aliphatic imine (C=N–C) groups is 1. The fourth-order valence-corrected chi connectivity index (χ4v) is 2.86. The van der Waals surface area contributed by atoms with Gasteiger partial charge in [0.1, 0.15) is 0 Å². The molecule has 0 amide bonds. The Hall–Kier alpha value is -0.810. The fourth-order valence-electron chi connectivity index (χ4n) is 2.86. The van der Waals surface area contributed by atoms with E-state index in [1.165, 1.54) is 0 Å². The van der Waals surface area contributed by atoms with Gasteiger partial charge in [-0.25, -0.2) is 0 Å². The van der Waals surface area contributed by atoms with Crippen molar-refractivity contribution in [2.45, 2.75) is 66.6 Å². The van der Waals surface area contributed by atoms with Gasteiger partial charge in [0, 0.05) is 44.8 Å². The smallest absolute Gasteiger partial charge is 0.191 e. The highest BCUT2D eigenvalue weighted by molar-refractivity contribution is 5.79. The molecule has 0 bridgehead atoms. The molecule has 0 aromatic heterocycles. The third-order valence-corrected chi connectivity index (χ3v) is 4.21. The highest BCUT2D eigenvalue weighted by Gasteiger charge is 2.13. The minimum Gasteiger partial charge on any atom is -0.355 e. The van der Waals surface area contributed by atoms with Gasteiger partial charge in [-0.2, -0.15) is 0 Å². The van der Waals surface area contributed by atoms with E-state index in [1.54, 1.807) is 0 Å². The number of likely N-dealkylation sites (N-methyl/N-ethyl adjacent to an activating group) is 1. The Morgan fingerprint density at radius 2 is 1.50 bits per heavy atom. The first-order chi connectivity index (χ1) is 10.4. The lowest BCUT2D eigenvalue weighted by atomic mass is 10.2. The molecule has 2 N–H and O–H groups in total. The molecule has 0 spiro atoms. The first-order valence-corrected chi connectivity index (χ1v) is 8.81. The number of rotatable bonds is 10. The zero-order chi connectivity index (χ0) is 17.1. The number of hydrogen-bond donors (Lipinski definition) is 2. The highest BCUT2D eigenvalue weighted by Crippen LogP contribution is 2.03. The van der Waals surface area contributed by atoms with Gasteiger partial charge in [-0.15, -0.1) is 0 Å². The minimum atomic E-state index is 0.511. The van der Waals surface area contributed by atoms with Crippen LogP contribution in [0.2, 0.25) is 0 Å². The lowest BCUT2D eigenvalue weighted by Gasteiger charge is -2.31. The van der Waals surface area contributed by atoms with Gasteiger partial charge in [-0.05, 0) is 47.7 Å². The summed E-state index contributed by atoms with van der Waals surface area (Å²) in [6, 6.07) is 1.65. The fraction of sp³-hybridized carbons (Fsp3) is 0.941. The van der Waals surface area contributed by atoms with Crippen LogP contribution in [0.25, 0.3) is 0 Å². The largest absolute Gasteiger partial charge is 0.355 e. The van der Waals surface area contributed by atoms with Gasteiger partial charge < -0.3 is 10.6 Å². The second kappa shape index (κ2) is 11.7. The van der Waals surface area contributed by atoms with Crippen LogP contribution < -0.4 is 10.6 Å². The van der Waals surface area contributed by atoms with E-state index in [2.05, 4.69) is 73.9 Å². The van der Waals surface area contributed by atoms with Crippen LogP contribution in [0.15, 0.2) is 4.99 Å². The normalized spacial score (nSPS) is 14.3. The van der Waals surface area contributed by atoms with Crippen LogP contribution in [0.4, 0.5) is 0 Å². The van der Waals surface area contributed by atoms with Crippen LogP contribution in [-0.2, 0) is 0 Å². The summed E-state index contributed by atoms with van der Waals surface area (Å²) in [6.07, 6.45) is 0. The Kier molecular flexibility index (Phi) is 11.3. The van der Waals surface area contributed by atoms with Crippen molar-refractivity contribution in [2.24, 2.45) is 4.99 Å². The van der Waals surface area contributed by atoms with Crippen LogP contribution in [0.5, 0.6) is 0 Å². The lowest BCUT2D eigenvalue weighted by molar-refractivity contribution is 0.178. The molecule has 0 radical (unpaired) electrons. The maximum Gasteiger partial charge on any atom is 0.191 e. The van der Waals surface area contributed by atoms with Crippen molar-refractivity contribution in [2.75, 3.05) is 39.8 Å². The summed E-state index contributed by atoms with van der Waals surface area (Å²) in [7, 11) is 1.83. The zero-order valence-electron chi connectivity index (χ0n) is 16.1. The molecular weight excluding hydrogens is 274 g/mol. The molecule has 0 rings (SSSR count). The molecule has 1 unspecified atom stereocenters. The molecule has 0 fully saturated rings. The van der Waals surface area contributed by atoms with Crippen LogP contribution in [0.1, 0.15) is 48.5 Å². The van der Waals surface area contributed by atoms with E-state index in [0.717, 1.165) is 38.7 Å². The predicted molar refractivity (Wildman–Crippen MR) is 98.7 cm³/mol. The minimum absolute atomic E-state index is 0.511. The van der Waals surface area contributed by atoms with Gasteiger partial charge in [-0.3, -0.25) is 14.8 Å². The number of nitrogens with one attached hydrogen (secondary N) is 2. The van der Waals surface area contributed by atoms with E-state index in [4.69, 9.17) is 0 Å². The van der Waals surface area contributed by atoms with E-state index in [-0.39, 0.29) is 0 Å². The zero-order valence-corrected chi connectivity index (χ0v) is 16.1. The lowest BCUT2D eigenvalue weighted by Crippen LogP contribution is -2.48. The van der Waals surface area contributed by atoms with Crippen LogP contribution in [0.3, 0.4) is 0 Å². The Morgan fingerprint density at radius 3 is 1.91 bits per heavy atom. The second-order valence-corrected chi connectivity index (χ2v) is 6.38. The average molecular weight is 314 g/mol. The summed E-state index contributed by atoms with van der Waals surface area (Å²) in [5.41, 5.74) is 0. The third kappa shape index (κ3) is 7.99. The molecule has 0 aliphatic rings. The molecule has 0 aromatic rings. The van der Waals surface area contributed by atoms with Crippen molar-refractivity contribution in [3.63, 3.8) is 0 Å². The van der Waals surface area contributed by atoms with E-state index in [0.29, 0.717) is 18.1 Å². The summed E-state index contributed by atoms with van der Waals surface area (Å²) in [5.74, 6) is 0.895. The van der Waals surface area contributed by atoms with Gasteiger partial charge in [-0.1, -0.05) is 13.8 Å². The van der Waals surface area contributed by atoms with Crippen molar-refractivity contribution in [1.29, 1.82) is 0 Å². The van der Waals surface area contributed by atoms with Crippen LogP contribution >= 0.6 is 0 Å². The summed E-state index contributed by atoms with van der Waals surface area (Å²) < 4.78 is 0. The maximum absolute atomic E-state index is 4.31. The molecule has 0 aliphatic carbocycles. The second-order valence-electron chi connectivity index (χ2n) is 6.38. The predicted octanol–water partition coefficient (Wildman–Crippen LogP) is 2.00. The molecule has 132 valence electrons. The van der Waals surface area contributed by atoms with Crippen molar-refractivity contribution in [1.82, 2.24) is 20.4 Å². The molecule has 22 heavy (non-hydrogen) atoms. The molecule has 0 aromatic carbocycles. The Labute approximate surface area is 138 Å². The van der Waals surface area contributed by atoms with Crippen molar-refractivity contribution < 1.29 is 0 Å². The highest BCUT2D eigenvalue weighted by atomic mass is 15.2. The molecule has 0 aliphatic heterocycles. The van der Waals surface area contributed by atoms with Crippen molar-refractivity contribution in [3.8, 4) is 0 Å². The number of hydrogen-bond acceptors (Lipinski definition) is 3. The molecule has 0 heterocycles. The molecule has 5 nitrogen and oxygen atoms in total. The van der Waals surface area contributed by atoms with Gasteiger partial charge in [0.25, 0.3) is 0 Å². The summed E-state index contributed by atoms with van der Waals surface area (Å²) in [4.78, 5) is 9.24. The van der Waals surface area contributed by atoms with Gasteiger partial charge in [0.2, 0.25) is 0 Å².